The third-order valence-electron chi connectivity index (χ3n) is 2.58. The summed E-state index contributed by atoms with van der Waals surface area (Å²) < 4.78 is 10.7. The lowest BCUT2D eigenvalue weighted by Crippen LogP contribution is -2.22. The number of hydrogen-bond acceptors (Lipinski definition) is 2. The highest BCUT2D eigenvalue weighted by atomic mass is 16.7. The molecule has 15 heavy (non-hydrogen) atoms. The molecule has 1 aromatic carbocycles. The molecule has 0 aromatic heterocycles. The van der Waals surface area contributed by atoms with E-state index in [4.69, 9.17) is 9.47 Å². The van der Waals surface area contributed by atoms with Crippen LogP contribution >= 0.6 is 0 Å². The van der Waals surface area contributed by atoms with Gasteiger partial charge < -0.3 is 9.47 Å². The van der Waals surface area contributed by atoms with E-state index in [1.54, 1.807) is 12.5 Å². The first-order chi connectivity index (χ1) is 7.40. The van der Waals surface area contributed by atoms with Gasteiger partial charge in [0.1, 0.15) is 12.5 Å². The molecule has 2 nitrogen and oxygen atoms in total. The average molecular weight is 203 g/mol. The Kier molecular flexibility index (Phi) is 3.28. The Morgan fingerprint density at radius 2 is 1.80 bits per heavy atom. The van der Waals surface area contributed by atoms with Crippen molar-refractivity contribution in [3.05, 3.63) is 55.3 Å². The van der Waals surface area contributed by atoms with Gasteiger partial charge in [-0.2, -0.15) is 0 Å². The van der Waals surface area contributed by atoms with Crippen molar-refractivity contribution in [2.75, 3.05) is 0 Å². The van der Waals surface area contributed by atoms with Gasteiger partial charge in [0, 0.05) is 5.92 Å². The number of rotatable bonds is 4. The molecule has 2 heteroatoms. The maximum atomic E-state index is 5.34. The Labute approximate surface area is 90.5 Å². The molecule has 1 unspecified atom stereocenters. The first-order valence-corrected chi connectivity index (χ1v) is 5.19. The van der Waals surface area contributed by atoms with Crippen molar-refractivity contribution in [3.8, 4) is 0 Å². The monoisotopic (exact) mass is 203 g/mol. The summed E-state index contributed by atoms with van der Waals surface area (Å²) in [4.78, 5) is 0. The van der Waals surface area contributed by atoms with E-state index in [-0.39, 0.29) is 6.29 Å². The first-order valence-electron chi connectivity index (χ1n) is 5.19. The smallest absolute Gasteiger partial charge is 0.242 e. The Hall–Kier alpha value is -1.44. The van der Waals surface area contributed by atoms with Crippen molar-refractivity contribution >= 4 is 0 Å². The minimum Gasteiger partial charge on any atom is -0.459 e. The number of hydrogen-bond donors (Lipinski definition) is 0. The Morgan fingerprint density at radius 1 is 1.13 bits per heavy atom. The highest BCUT2D eigenvalue weighted by Crippen LogP contribution is 2.22. The van der Waals surface area contributed by atoms with E-state index in [9.17, 15) is 0 Å². The van der Waals surface area contributed by atoms with Crippen LogP contribution in [0.3, 0.4) is 0 Å². The Morgan fingerprint density at radius 3 is 2.40 bits per heavy atom. The zero-order chi connectivity index (χ0) is 10.5. The van der Waals surface area contributed by atoms with E-state index >= 15 is 0 Å². The van der Waals surface area contributed by atoms with Crippen LogP contribution in [0.1, 0.15) is 12.0 Å². The predicted octanol–water partition coefficient (Wildman–Crippen LogP) is 2.91. The van der Waals surface area contributed by atoms with Crippen molar-refractivity contribution in [2.24, 2.45) is 5.92 Å². The van der Waals surface area contributed by atoms with Crippen molar-refractivity contribution in [2.45, 2.75) is 19.1 Å². The van der Waals surface area contributed by atoms with Crippen LogP contribution in [0.15, 0.2) is 42.9 Å². The van der Waals surface area contributed by atoms with Gasteiger partial charge >= 0.3 is 0 Å². The lowest BCUT2D eigenvalue weighted by Gasteiger charge is -2.20. The van der Waals surface area contributed by atoms with Crippen LogP contribution in [0, 0.1) is 12.8 Å². The van der Waals surface area contributed by atoms with Gasteiger partial charge in [-0.15, -0.1) is 0 Å². The summed E-state index contributed by atoms with van der Waals surface area (Å²) >= 11 is 0. The molecule has 1 heterocycles. The van der Waals surface area contributed by atoms with Crippen LogP contribution in [0.5, 0.6) is 0 Å². The van der Waals surface area contributed by atoms with Crippen LogP contribution < -0.4 is 0 Å². The van der Waals surface area contributed by atoms with Gasteiger partial charge in [0.05, 0.1) is 0 Å². The van der Waals surface area contributed by atoms with Crippen LogP contribution in [-0.4, -0.2) is 6.29 Å². The van der Waals surface area contributed by atoms with Crippen molar-refractivity contribution in [1.82, 2.24) is 0 Å². The third kappa shape index (κ3) is 2.52. The van der Waals surface area contributed by atoms with Gasteiger partial charge in [0.15, 0.2) is 0 Å². The molecular weight excluding hydrogens is 188 g/mol. The predicted molar refractivity (Wildman–Crippen MR) is 58.7 cm³/mol. The average Bonchev–Trinajstić information content (AvgIpc) is 2.81. The molecule has 0 fully saturated rings. The summed E-state index contributed by atoms with van der Waals surface area (Å²) in [6.07, 6.45) is 4.77. The minimum absolute atomic E-state index is 0.164. The molecule has 1 aliphatic rings. The van der Waals surface area contributed by atoms with E-state index in [1.807, 2.05) is 18.2 Å². The van der Waals surface area contributed by atoms with E-state index in [1.165, 1.54) is 5.56 Å². The van der Waals surface area contributed by atoms with E-state index in [2.05, 4.69) is 19.1 Å². The Balaban J connectivity index is 1.96. The molecule has 79 valence electrons. The second-order valence-corrected chi connectivity index (χ2v) is 3.65. The molecule has 0 saturated carbocycles. The van der Waals surface area contributed by atoms with Crippen LogP contribution in [0.25, 0.3) is 0 Å². The quantitative estimate of drug-likeness (QED) is 0.749. The largest absolute Gasteiger partial charge is 0.459 e. The minimum atomic E-state index is -0.164. The van der Waals surface area contributed by atoms with Crippen molar-refractivity contribution in [1.29, 1.82) is 0 Å². The zero-order valence-electron chi connectivity index (χ0n) is 8.63. The SMILES string of the molecule is [CH2]CC(Cc1ccccc1)C1OC=CO1. The Bertz CT molecular complexity index is 311. The van der Waals surface area contributed by atoms with Gasteiger partial charge in [-0.25, -0.2) is 0 Å². The van der Waals surface area contributed by atoms with Crippen molar-refractivity contribution in [3.63, 3.8) is 0 Å². The van der Waals surface area contributed by atoms with Crippen LogP contribution in [-0.2, 0) is 15.9 Å². The second kappa shape index (κ2) is 4.87. The lowest BCUT2D eigenvalue weighted by atomic mass is 9.96. The summed E-state index contributed by atoms with van der Waals surface area (Å²) in [5.74, 6) is 0.308. The van der Waals surface area contributed by atoms with Crippen LogP contribution in [0.4, 0.5) is 0 Å². The number of benzene rings is 1. The molecule has 0 saturated heterocycles. The molecule has 0 spiro atoms. The highest BCUT2D eigenvalue weighted by Gasteiger charge is 2.24. The second-order valence-electron chi connectivity index (χ2n) is 3.65. The fourth-order valence-corrected chi connectivity index (χ4v) is 1.72. The molecule has 0 bridgehead atoms. The molecule has 0 N–H and O–H groups in total. The molecule has 1 aliphatic heterocycles. The molecule has 1 radical (unpaired) electrons. The zero-order valence-corrected chi connectivity index (χ0v) is 8.63. The lowest BCUT2D eigenvalue weighted by molar-refractivity contribution is -0.0658. The summed E-state index contributed by atoms with van der Waals surface area (Å²) in [5, 5.41) is 0. The molecule has 0 aliphatic carbocycles. The van der Waals surface area contributed by atoms with Gasteiger partial charge in [-0.1, -0.05) is 37.3 Å². The van der Waals surface area contributed by atoms with Gasteiger partial charge in [-0.05, 0) is 18.4 Å². The standard InChI is InChI=1S/C13H15O2/c1-2-12(13-14-8-9-15-13)10-11-6-4-3-5-7-11/h3-9,12-13H,1-2,10H2. The summed E-state index contributed by atoms with van der Waals surface area (Å²) in [6.45, 7) is 3.94. The van der Waals surface area contributed by atoms with Crippen LogP contribution in [0.2, 0.25) is 0 Å². The molecule has 1 aromatic rings. The topological polar surface area (TPSA) is 18.5 Å². The fraction of sp³-hybridized carbons (Fsp3) is 0.308. The van der Waals surface area contributed by atoms with Crippen molar-refractivity contribution < 1.29 is 9.47 Å². The van der Waals surface area contributed by atoms with E-state index in [0.717, 1.165) is 12.8 Å². The van der Waals surface area contributed by atoms with Gasteiger partial charge in [0.25, 0.3) is 0 Å². The summed E-state index contributed by atoms with van der Waals surface area (Å²) in [5.41, 5.74) is 1.30. The molecule has 1 atom stereocenters. The van der Waals surface area contributed by atoms with Gasteiger partial charge in [0.2, 0.25) is 6.29 Å². The number of ether oxygens (including phenoxy) is 2. The first kappa shape index (κ1) is 10.1. The maximum Gasteiger partial charge on any atom is 0.242 e. The van der Waals surface area contributed by atoms with E-state index in [0.29, 0.717) is 5.92 Å². The maximum absolute atomic E-state index is 5.34. The highest BCUT2D eigenvalue weighted by molar-refractivity contribution is 5.15. The van der Waals surface area contributed by atoms with Gasteiger partial charge in [-0.3, -0.25) is 0 Å². The normalized spacial score (nSPS) is 17.1. The molecule has 2 rings (SSSR count). The summed E-state index contributed by atoms with van der Waals surface area (Å²) in [7, 11) is 0. The fourth-order valence-electron chi connectivity index (χ4n) is 1.72. The third-order valence-corrected chi connectivity index (χ3v) is 2.58. The van der Waals surface area contributed by atoms with E-state index < -0.39 is 0 Å². The molecular formula is C13H15O2. The molecule has 0 amide bonds. The summed E-state index contributed by atoms with van der Waals surface area (Å²) in [6, 6.07) is 10.3.